The Morgan fingerprint density at radius 2 is 1.61 bits per heavy atom. The van der Waals surface area contributed by atoms with E-state index < -0.39 is 0 Å². The number of rotatable bonds is 6. The highest BCUT2D eigenvalue weighted by atomic mass is 19.1. The zero-order chi connectivity index (χ0) is 21.6. The minimum atomic E-state index is -0.323. The van der Waals surface area contributed by atoms with E-state index in [4.69, 9.17) is 4.52 Å². The monoisotopic (exact) mass is 422 g/mol. The van der Waals surface area contributed by atoms with Crippen LogP contribution in [0.5, 0.6) is 0 Å². The van der Waals surface area contributed by atoms with Crippen molar-refractivity contribution in [3.63, 3.8) is 0 Å². The predicted octanol–water partition coefficient (Wildman–Crippen LogP) is 3.18. The van der Waals surface area contributed by atoms with Crippen molar-refractivity contribution in [1.29, 1.82) is 0 Å². The van der Waals surface area contributed by atoms with Crippen LogP contribution in [0.25, 0.3) is 11.4 Å². The van der Waals surface area contributed by atoms with E-state index in [0.29, 0.717) is 68.3 Å². The lowest BCUT2D eigenvalue weighted by Crippen LogP contribution is -2.50. The number of aromatic nitrogens is 2. The first-order valence-electron chi connectivity index (χ1n) is 10.3. The third kappa shape index (κ3) is 5.14. The quantitative estimate of drug-likeness (QED) is 0.610. The van der Waals surface area contributed by atoms with Gasteiger partial charge in [-0.15, -0.1) is 0 Å². The van der Waals surface area contributed by atoms with Crippen molar-refractivity contribution in [3.05, 3.63) is 71.9 Å². The van der Waals surface area contributed by atoms with Crippen LogP contribution >= 0.6 is 0 Å². The predicted molar refractivity (Wildman–Crippen MR) is 112 cm³/mol. The highest BCUT2D eigenvalue weighted by Gasteiger charge is 2.24. The SMILES string of the molecule is O=C(CCCc1nc(-c2ccc(F)cc2)no1)N1CCN(C(=O)c2ccccc2)CC1. The number of carbonyl (C=O) groups is 2. The molecule has 1 aromatic heterocycles. The standard InChI is InChI=1S/C23H23FN4O3/c24-19-11-9-17(10-12-19)22-25-20(31-26-22)7-4-8-21(29)27-13-15-28(16-14-27)23(30)18-5-2-1-3-6-18/h1-3,5-6,9-12H,4,7-8,13-16H2. The van der Waals surface area contributed by atoms with Gasteiger partial charge in [0.1, 0.15) is 5.82 Å². The molecule has 1 fully saturated rings. The molecule has 7 nitrogen and oxygen atoms in total. The fourth-order valence-electron chi connectivity index (χ4n) is 3.54. The summed E-state index contributed by atoms with van der Waals surface area (Å²) >= 11 is 0. The Balaban J connectivity index is 1.21. The zero-order valence-corrected chi connectivity index (χ0v) is 17.0. The van der Waals surface area contributed by atoms with Gasteiger partial charge in [-0.2, -0.15) is 4.98 Å². The van der Waals surface area contributed by atoms with Crippen LogP contribution in [0.4, 0.5) is 4.39 Å². The Bertz CT molecular complexity index is 1030. The summed E-state index contributed by atoms with van der Waals surface area (Å²) in [6, 6.07) is 15.1. The van der Waals surface area contributed by atoms with E-state index in [1.807, 2.05) is 18.2 Å². The van der Waals surface area contributed by atoms with Crippen LogP contribution in [0.15, 0.2) is 59.1 Å². The van der Waals surface area contributed by atoms with E-state index in [1.54, 1.807) is 34.1 Å². The molecule has 0 bridgehead atoms. The fraction of sp³-hybridized carbons (Fsp3) is 0.304. The van der Waals surface area contributed by atoms with Gasteiger partial charge in [-0.1, -0.05) is 23.4 Å². The number of piperazine rings is 1. The van der Waals surface area contributed by atoms with Gasteiger partial charge in [0.2, 0.25) is 17.6 Å². The summed E-state index contributed by atoms with van der Waals surface area (Å²) in [7, 11) is 0. The van der Waals surface area contributed by atoms with Gasteiger partial charge >= 0.3 is 0 Å². The van der Waals surface area contributed by atoms with Crippen LogP contribution in [-0.4, -0.2) is 57.9 Å². The Morgan fingerprint density at radius 3 is 2.32 bits per heavy atom. The second kappa shape index (κ2) is 9.51. The van der Waals surface area contributed by atoms with Gasteiger partial charge < -0.3 is 14.3 Å². The third-order valence-corrected chi connectivity index (χ3v) is 5.29. The topological polar surface area (TPSA) is 79.5 Å². The summed E-state index contributed by atoms with van der Waals surface area (Å²) in [5.41, 5.74) is 1.34. The van der Waals surface area contributed by atoms with Gasteiger partial charge in [0.25, 0.3) is 5.91 Å². The molecular formula is C23H23FN4O3. The molecule has 0 spiro atoms. The van der Waals surface area contributed by atoms with Gasteiger partial charge in [0.05, 0.1) is 0 Å². The van der Waals surface area contributed by atoms with E-state index in [1.165, 1.54) is 12.1 Å². The molecule has 8 heteroatoms. The Kier molecular flexibility index (Phi) is 6.35. The van der Waals surface area contributed by atoms with Crippen molar-refractivity contribution in [1.82, 2.24) is 19.9 Å². The van der Waals surface area contributed by atoms with Gasteiger partial charge in [-0.3, -0.25) is 9.59 Å². The van der Waals surface area contributed by atoms with E-state index in [0.717, 1.165) is 0 Å². The van der Waals surface area contributed by atoms with Crippen LogP contribution in [0.1, 0.15) is 29.1 Å². The average Bonchev–Trinajstić information content (AvgIpc) is 3.28. The molecule has 2 amide bonds. The Labute approximate surface area is 179 Å². The average molecular weight is 422 g/mol. The molecule has 1 aliphatic heterocycles. The van der Waals surface area contributed by atoms with Crippen molar-refractivity contribution in [3.8, 4) is 11.4 Å². The number of amides is 2. The lowest BCUT2D eigenvalue weighted by molar-refractivity contribution is -0.132. The van der Waals surface area contributed by atoms with Crippen LogP contribution in [0.2, 0.25) is 0 Å². The number of halogens is 1. The van der Waals surface area contributed by atoms with Gasteiger partial charge in [0, 0.05) is 50.1 Å². The molecule has 0 radical (unpaired) electrons. The molecule has 0 saturated carbocycles. The molecule has 31 heavy (non-hydrogen) atoms. The molecule has 0 aliphatic carbocycles. The lowest BCUT2D eigenvalue weighted by Gasteiger charge is -2.35. The first-order chi connectivity index (χ1) is 15.1. The largest absolute Gasteiger partial charge is 0.339 e. The number of hydrogen-bond acceptors (Lipinski definition) is 5. The summed E-state index contributed by atoms with van der Waals surface area (Å²) < 4.78 is 18.3. The van der Waals surface area contributed by atoms with Crippen LogP contribution < -0.4 is 0 Å². The number of nitrogens with zero attached hydrogens (tertiary/aromatic N) is 4. The molecule has 2 aromatic carbocycles. The molecule has 160 valence electrons. The van der Waals surface area contributed by atoms with Crippen molar-refractivity contribution < 1.29 is 18.5 Å². The molecule has 1 aliphatic rings. The fourth-order valence-corrected chi connectivity index (χ4v) is 3.54. The molecular weight excluding hydrogens is 399 g/mol. The van der Waals surface area contributed by atoms with Crippen LogP contribution in [0.3, 0.4) is 0 Å². The van der Waals surface area contributed by atoms with Gasteiger partial charge in [-0.05, 0) is 42.8 Å². The highest BCUT2D eigenvalue weighted by molar-refractivity contribution is 5.94. The Hall–Kier alpha value is -3.55. The third-order valence-electron chi connectivity index (χ3n) is 5.29. The van der Waals surface area contributed by atoms with Crippen molar-refractivity contribution in [2.75, 3.05) is 26.2 Å². The number of aryl methyl sites for hydroxylation is 1. The molecule has 2 heterocycles. The van der Waals surface area contributed by atoms with E-state index in [2.05, 4.69) is 10.1 Å². The van der Waals surface area contributed by atoms with Crippen molar-refractivity contribution >= 4 is 11.8 Å². The summed E-state index contributed by atoms with van der Waals surface area (Å²) in [4.78, 5) is 32.9. The number of hydrogen-bond donors (Lipinski definition) is 0. The first-order valence-corrected chi connectivity index (χ1v) is 10.3. The summed E-state index contributed by atoms with van der Waals surface area (Å²) in [6.07, 6.45) is 1.46. The highest BCUT2D eigenvalue weighted by Crippen LogP contribution is 2.17. The summed E-state index contributed by atoms with van der Waals surface area (Å²) in [6.45, 7) is 2.13. The molecule has 0 unspecified atom stereocenters. The van der Waals surface area contributed by atoms with Gasteiger partial charge in [-0.25, -0.2) is 4.39 Å². The maximum absolute atomic E-state index is 13.0. The second-order valence-corrected chi connectivity index (χ2v) is 7.41. The van der Waals surface area contributed by atoms with Gasteiger partial charge in [0.15, 0.2) is 0 Å². The minimum Gasteiger partial charge on any atom is -0.339 e. The van der Waals surface area contributed by atoms with Crippen molar-refractivity contribution in [2.45, 2.75) is 19.3 Å². The number of carbonyl (C=O) groups excluding carboxylic acids is 2. The molecule has 0 N–H and O–H groups in total. The molecule has 3 aromatic rings. The summed E-state index contributed by atoms with van der Waals surface area (Å²) in [5, 5.41) is 3.91. The molecule has 0 atom stereocenters. The smallest absolute Gasteiger partial charge is 0.253 e. The van der Waals surface area contributed by atoms with Crippen molar-refractivity contribution in [2.24, 2.45) is 0 Å². The molecule has 4 rings (SSSR count). The van der Waals surface area contributed by atoms with E-state index >= 15 is 0 Å². The zero-order valence-electron chi connectivity index (χ0n) is 17.0. The first kappa shape index (κ1) is 20.7. The van der Waals surface area contributed by atoms with Crippen LogP contribution in [-0.2, 0) is 11.2 Å². The van der Waals surface area contributed by atoms with Crippen LogP contribution in [0, 0.1) is 5.82 Å². The van der Waals surface area contributed by atoms with E-state index in [9.17, 15) is 14.0 Å². The number of benzene rings is 2. The maximum Gasteiger partial charge on any atom is 0.253 e. The Morgan fingerprint density at radius 1 is 0.935 bits per heavy atom. The summed E-state index contributed by atoms with van der Waals surface area (Å²) in [5.74, 6) is 0.591. The lowest BCUT2D eigenvalue weighted by atomic mass is 10.1. The molecule has 1 saturated heterocycles. The van der Waals surface area contributed by atoms with E-state index in [-0.39, 0.29) is 17.6 Å². The normalized spacial score (nSPS) is 14.0. The maximum atomic E-state index is 13.0. The minimum absolute atomic E-state index is 0.000974. The second-order valence-electron chi connectivity index (χ2n) is 7.41.